The molecule has 1 amide bonds. The van der Waals surface area contributed by atoms with Gasteiger partial charge in [-0.05, 0) is 45.6 Å². The molecule has 110 valence electrons. The van der Waals surface area contributed by atoms with Gasteiger partial charge in [-0.25, -0.2) is 4.79 Å². The molecular formula is C14H26N2O3. The molecule has 2 rings (SSSR count). The number of aliphatic hydroxyl groups is 1. The first kappa shape index (κ1) is 14.6. The van der Waals surface area contributed by atoms with E-state index >= 15 is 0 Å². The maximum atomic E-state index is 11.9. The minimum Gasteiger partial charge on any atom is -0.450 e. The van der Waals surface area contributed by atoms with Crippen molar-refractivity contribution < 1.29 is 14.6 Å². The Bertz CT molecular complexity index is 305. The van der Waals surface area contributed by atoms with Crippen molar-refractivity contribution in [3.63, 3.8) is 0 Å². The number of carbonyl (C=O) groups is 1. The van der Waals surface area contributed by atoms with Crippen LogP contribution in [-0.4, -0.2) is 54.5 Å². The summed E-state index contributed by atoms with van der Waals surface area (Å²) in [4.78, 5) is 13.6. The van der Waals surface area contributed by atoms with E-state index in [2.05, 4.69) is 5.32 Å². The summed E-state index contributed by atoms with van der Waals surface area (Å²) >= 11 is 0. The molecule has 0 aromatic heterocycles. The largest absolute Gasteiger partial charge is 0.450 e. The zero-order valence-electron chi connectivity index (χ0n) is 12.0. The summed E-state index contributed by atoms with van der Waals surface area (Å²) in [6.07, 6.45) is 2.93. The average Bonchev–Trinajstić information content (AvgIpc) is 3.20. The van der Waals surface area contributed by atoms with Gasteiger partial charge in [0.2, 0.25) is 0 Å². The summed E-state index contributed by atoms with van der Waals surface area (Å²) in [6, 6.07) is 0.276. The molecule has 1 aliphatic heterocycles. The highest BCUT2D eigenvalue weighted by Gasteiger charge is 2.33. The van der Waals surface area contributed by atoms with E-state index in [0.717, 1.165) is 18.9 Å². The SMILES string of the molecule is CCOC(=O)N1CC(NCC2CC2)CC(C(C)O)C1. The van der Waals surface area contributed by atoms with Gasteiger partial charge in [-0.15, -0.1) is 0 Å². The van der Waals surface area contributed by atoms with Gasteiger partial charge in [0, 0.05) is 25.0 Å². The van der Waals surface area contributed by atoms with Crippen molar-refractivity contribution in [1.82, 2.24) is 10.2 Å². The van der Waals surface area contributed by atoms with Gasteiger partial charge in [-0.3, -0.25) is 0 Å². The predicted molar refractivity (Wildman–Crippen MR) is 72.9 cm³/mol. The number of piperidine rings is 1. The van der Waals surface area contributed by atoms with E-state index in [1.54, 1.807) is 11.8 Å². The van der Waals surface area contributed by atoms with E-state index in [1.807, 2.05) is 6.92 Å². The molecule has 5 heteroatoms. The lowest BCUT2D eigenvalue weighted by atomic mass is 9.90. The van der Waals surface area contributed by atoms with Crippen LogP contribution in [0.15, 0.2) is 0 Å². The molecule has 2 N–H and O–H groups in total. The fourth-order valence-electron chi connectivity index (χ4n) is 2.65. The first-order valence-corrected chi connectivity index (χ1v) is 7.43. The molecule has 0 spiro atoms. The molecule has 1 heterocycles. The zero-order chi connectivity index (χ0) is 13.8. The number of amides is 1. The maximum Gasteiger partial charge on any atom is 0.409 e. The zero-order valence-corrected chi connectivity index (χ0v) is 12.0. The summed E-state index contributed by atoms with van der Waals surface area (Å²) < 4.78 is 5.07. The second-order valence-electron chi connectivity index (χ2n) is 5.89. The Labute approximate surface area is 115 Å². The normalized spacial score (nSPS) is 29.1. The monoisotopic (exact) mass is 270 g/mol. The molecule has 5 nitrogen and oxygen atoms in total. The summed E-state index contributed by atoms with van der Waals surface area (Å²) in [5.41, 5.74) is 0. The van der Waals surface area contributed by atoms with Gasteiger partial charge in [-0.2, -0.15) is 0 Å². The highest BCUT2D eigenvalue weighted by Crippen LogP contribution is 2.28. The quantitative estimate of drug-likeness (QED) is 0.788. The number of carbonyl (C=O) groups excluding carboxylic acids is 1. The van der Waals surface area contributed by atoms with E-state index in [4.69, 9.17) is 4.74 Å². The molecule has 19 heavy (non-hydrogen) atoms. The summed E-state index contributed by atoms with van der Waals surface area (Å²) in [5.74, 6) is 0.956. The Morgan fingerprint density at radius 2 is 2.21 bits per heavy atom. The number of hydrogen-bond acceptors (Lipinski definition) is 4. The van der Waals surface area contributed by atoms with E-state index in [9.17, 15) is 9.90 Å². The molecule has 0 radical (unpaired) electrons. The molecule has 1 saturated carbocycles. The van der Waals surface area contributed by atoms with Crippen molar-refractivity contribution in [3.8, 4) is 0 Å². The first-order chi connectivity index (χ1) is 9.10. The lowest BCUT2D eigenvalue weighted by Crippen LogP contribution is -2.53. The number of rotatable bonds is 5. The van der Waals surface area contributed by atoms with E-state index < -0.39 is 0 Å². The topological polar surface area (TPSA) is 61.8 Å². The second-order valence-corrected chi connectivity index (χ2v) is 5.89. The molecule has 1 saturated heterocycles. The molecule has 2 fully saturated rings. The van der Waals surface area contributed by atoms with Crippen LogP contribution in [0.3, 0.4) is 0 Å². The van der Waals surface area contributed by atoms with Gasteiger partial charge in [-0.1, -0.05) is 0 Å². The Hall–Kier alpha value is -0.810. The van der Waals surface area contributed by atoms with Gasteiger partial charge in [0.05, 0.1) is 12.7 Å². The first-order valence-electron chi connectivity index (χ1n) is 7.43. The van der Waals surface area contributed by atoms with Gasteiger partial charge in [0.15, 0.2) is 0 Å². The van der Waals surface area contributed by atoms with Gasteiger partial charge in [0.25, 0.3) is 0 Å². The number of likely N-dealkylation sites (tertiary alicyclic amines) is 1. The predicted octanol–water partition coefficient (Wildman–Crippen LogP) is 1.21. The Morgan fingerprint density at radius 1 is 1.47 bits per heavy atom. The molecule has 0 aromatic rings. The minimum atomic E-state index is -0.387. The van der Waals surface area contributed by atoms with Crippen LogP contribution in [0.4, 0.5) is 4.79 Å². The molecular weight excluding hydrogens is 244 g/mol. The summed E-state index contributed by atoms with van der Waals surface area (Å²) in [6.45, 7) is 6.34. The summed E-state index contributed by atoms with van der Waals surface area (Å²) in [7, 11) is 0. The van der Waals surface area contributed by atoms with Crippen LogP contribution in [0.1, 0.15) is 33.1 Å². The Balaban J connectivity index is 1.88. The number of nitrogens with one attached hydrogen (secondary N) is 1. The molecule has 3 atom stereocenters. The molecule has 0 bridgehead atoms. The van der Waals surface area contributed by atoms with Crippen molar-refractivity contribution in [2.75, 3.05) is 26.2 Å². The molecule has 2 aliphatic rings. The molecule has 0 aromatic carbocycles. The van der Waals surface area contributed by atoms with Gasteiger partial charge < -0.3 is 20.1 Å². The van der Waals surface area contributed by atoms with Crippen LogP contribution in [0.2, 0.25) is 0 Å². The fourth-order valence-corrected chi connectivity index (χ4v) is 2.65. The summed E-state index contributed by atoms with van der Waals surface area (Å²) in [5, 5.41) is 13.3. The van der Waals surface area contributed by atoms with Crippen LogP contribution in [0.25, 0.3) is 0 Å². The lowest BCUT2D eigenvalue weighted by Gasteiger charge is -2.38. The smallest absolute Gasteiger partial charge is 0.409 e. The van der Waals surface area contributed by atoms with Crippen LogP contribution in [-0.2, 0) is 4.74 Å². The standard InChI is InChI=1S/C14H26N2O3/c1-3-19-14(18)16-8-12(10(2)17)6-13(9-16)15-7-11-4-5-11/h10-13,15,17H,3-9H2,1-2H3. The second kappa shape index (κ2) is 6.57. The van der Waals surface area contributed by atoms with Crippen LogP contribution < -0.4 is 5.32 Å². The van der Waals surface area contributed by atoms with Crippen molar-refractivity contribution in [2.45, 2.75) is 45.3 Å². The van der Waals surface area contributed by atoms with Crippen molar-refractivity contribution in [2.24, 2.45) is 11.8 Å². The van der Waals surface area contributed by atoms with Crippen LogP contribution in [0.5, 0.6) is 0 Å². The van der Waals surface area contributed by atoms with Gasteiger partial charge in [0.1, 0.15) is 0 Å². The van der Waals surface area contributed by atoms with Gasteiger partial charge >= 0.3 is 6.09 Å². The van der Waals surface area contributed by atoms with E-state index in [1.165, 1.54) is 12.8 Å². The lowest BCUT2D eigenvalue weighted by molar-refractivity contribution is 0.0377. The van der Waals surface area contributed by atoms with E-state index in [0.29, 0.717) is 19.7 Å². The Morgan fingerprint density at radius 3 is 2.79 bits per heavy atom. The third kappa shape index (κ3) is 4.35. The van der Waals surface area contributed by atoms with Crippen molar-refractivity contribution in [1.29, 1.82) is 0 Å². The van der Waals surface area contributed by atoms with Crippen molar-refractivity contribution >= 4 is 6.09 Å². The highest BCUT2D eigenvalue weighted by molar-refractivity contribution is 5.67. The van der Waals surface area contributed by atoms with Crippen LogP contribution in [0, 0.1) is 11.8 Å². The third-order valence-electron chi connectivity index (χ3n) is 4.08. The maximum absolute atomic E-state index is 11.9. The third-order valence-corrected chi connectivity index (χ3v) is 4.08. The number of hydrogen-bond donors (Lipinski definition) is 2. The number of aliphatic hydroxyl groups excluding tert-OH is 1. The Kier molecular flexibility index (Phi) is 5.05. The number of ether oxygens (including phenoxy) is 1. The highest BCUT2D eigenvalue weighted by atomic mass is 16.6. The average molecular weight is 270 g/mol. The van der Waals surface area contributed by atoms with E-state index in [-0.39, 0.29) is 24.2 Å². The van der Waals surface area contributed by atoms with Crippen LogP contribution >= 0.6 is 0 Å². The molecule has 3 unspecified atom stereocenters. The minimum absolute atomic E-state index is 0.134. The number of nitrogens with zero attached hydrogens (tertiary/aromatic N) is 1. The fraction of sp³-hybridized carbons (Fsp3) is 0.929. The van der Waals surface area contributed by atoms with Crippen molar-refractivity contribution in [3.05, 3.63) is 0 Å². The molecule has 1 aliphatic carbocycles.